The van der Waals surface area contributed by atoms with Crippen LogP contribution in [-0.4, -0.2) is 23.7 Å². The molecule has 0 aliphatic carbocycles. The number of thioether (sulfide) groups is 1. The molecule has 2 atom stereocenters. The van der Waals surface area contributed by atoms with Gasteiger partial charge in [-0.25, -0.2) is 0 Å². The first-order valence-corrected chi connectivity index (χ1v) is 9.74. The molecular weight excluding hydrogens is 306 g/mol. The number of ether oxygens (including phenoxy) is 1. The molecule has 1 aromatic carbocycles. The zero-order valence-electron chi connectivity index (χ0n) is 14.0. The summed E-state index contributed by atoms with van der Waals surface area (Å²) in [7, 11) is 0. The lowest BCUT2D eigenvalue weighted by Crippen LogP contribution is -3.12. The number of aromatic hydroxyl groups is 1. The summed E-state index contributed by atoms with van der Waals surface area (Å²) in [5.74, 6) is 3.11. The average molecular weight is 332 g/mol. The number of rotatable bonds is 5. The van der Waals surface area contributed by atoms with Gasteiger partial charge in [0.05, 0.1) is 12.1 Å². The lowest BCUT2D eigenvalue weighted by atomic mass is 9.93. The molecule has 0 bridgehead atoms. The van der Waals surface area contributed by atoms with Gasteiger partial charge in [0.2, 0.25) is 0 Å². The molecular formula is C19H26NO2S+. The maximum absolute atomic E-state index is 10.6. The molecule has 3 rings (SSSR count). The Morgan fingerprint density at radius 3 is 3.00 bits per heavy atom. The molecule has 0 amide bonds. The number of phenolic OH excluding ortho intramolecular Hbond substituents is 1. The summed E-state index contributed by atoms with van der Waals surface area (Å²) in [6, 6.07) is 4.14. The van der Waals surface area contributed by atoms with Crippen molar-refractivity contribution in [3.05, 3.63) is 47.4 Å². The molecule has 2 aliphatic rings. The first kappa shape index (κ1) is 16.5. The molecule has 0 spiro atoms. The highest BCUT2D eigenvalue weighted by atomic mass is 32.2. The van der Waals surface area contributed by atoms with Gasteiger partial charge in [-0.15, -0.1) is 0 Å². The topological polar surface area (TPSA) is 33.9 Å². The van der Waals surface area contributed by atoms with E-state index in [-0.39, 0.29) is 6.04 Å². The molecule has 2 heterocycles. The van der Waals surface area contributed by atoms with Crippen molar-refractivity contribution in [2.75, 3.05) is 18.6 Å². The average Bonchev–Trinajstić information content (AvgIpc) is 2.51. The van der Waals surface area contributed by atoms with Crippen molar-refractivity contribution in [1.82, 2.24) is 0 Å². The van der Waals surface area contributed by atoms with Crippen molar-refractivity contribution in [3.63, 3.8) is 0 Å². The quantitative estimate of drug-likeness (QED) is 0.642. The standard InChI is InChI=1S/C19H25NO2S/c1-13-7-8-20-14(2)22-18-12-15(6-4-5-9-23-3)11-17(21)19(18)16(20)10-13/h10-12,16,21H,2,4-9H2,1,3H3/p+1/t16-/m0/s1. The highest BCUT2D eigenvalue weighted by Crippen LogP contribution is 2.39. The highest BCUT2D eigenvalue weighted by molar-refractivity contribution is 7.98. The number of fused-ring (bicyclic) bond motifs is 3. The van der Waals surface area contributed by atoms with Crippen molar-refractivity contribution in [3.8, 4) is 11.5 Å². The van der Waals surface area contributed by atoms with Crippen LogP contribution in [0.4, 0.5) is 0 Å². The third kappa shape index (κ3) is 3.43. The number of benzene rings is 1. The van der Waals surface area contributed by atoms with Gasteiger partial charge >= 0.3 is 0 Å². The molecule has 4 heteroatoms. The van der Waals surface area contributed by atoms with Gasteiger partial charge in [0.1, 0.15) is 17.5 Å². The first-order chi connectivity index (χ1) is 11.1. The Morgan fingerprint density at radius 2 is 2.22 bits per heavy atom. The van der Waals surface area contributed by atoms with Crippen molar-refractivity contribution in [1.29, 1.82) is 0 Å². The zero-order chi connectivity index (χ0) is 16.4. The van der Waals surface area contributed by atoms with E-state index in [4.69, 9.17) is 4.74 Å². The minimum absolute atomic E-state index is 0.130. The van der Waals surface area contributed by atoms with Crippen LogP contribution in [0, 0.1) is 0 Å². The minimum atomic E-state index is 0.130. The summed E-state index contributed by atoms with van der Waals surface area (Å²) in [6.07, 6.45) is 8.77. The third-order valence-electron chi connectivity index (χ3n) is 4.76. The Bertz CT molecular complexity index is 639. The normalized spacial score (nSPS) is 22.9. The van der Waals surface area contributed by atoms with Gasteiger partial charge in [-0.05, 0) is 62.0 Å². The Labute approximate surface area is 143 Å². The van der Waals surface area contributed by atoms with Gasteiger partial charge in [-0.1, -0.05) is 5.57 Å². The van der Waals surface area contributed by atoms with Crippen LogP contribution in [0.25, 0.3) is 0 Å². The molecule has 124 valence electrons. The third-order valence-corrected chi connectivity index (χ3v) is 5.46. The van der Waals surface area contributed by atoms with E-state index in [1.807, 2.05) is 17.8 Å². The SMILES string of the molecule is C=C1Oc2cc(CCCCSC)cc(O)c2[C@@H]2C=C(C)CC[NH+]12. The van der Waals surface area contributed by atoms with E-state index >= 15 is 0 Å². The van der Waals surface area contributed by atoms with Gasteiger partial charge in [-0.2, -0.15) is 11.8 Å². The molecule has 0 radical (unpaired) electrons. The van der Waals surface area contributed by atoms with Gasteiger partial charge in [0.15, 0.2) is 0 Å². The van der Waals surface area contributed by atoms with Gasteiger partial charge < -0.3 is 9.84 Å². The molecule has 1 aromatic rings. The maximum atomic E-state index is 10.6. The molecule has 2 aliphatic heterocycles. The summed E-state index contributed by atoms with van der Waals surface area (Å²) in [5.41, 5.74) is 3.44. The largest absolute Gasteiger partial charge is 0.507 e. The van der Waals surface area contributed by atoms with E-state index in [9.17, 15) is 5.11 Å². The van der Waals surface area contributed by atoms with E-state index in [0.717, 1.165) is 48.6 Å². The van der Waals surface area contributed by atoms with E-state index in [1.165, 1.54) is 22.6 Å². The van der Waals surface area contributed by atoms with Crippen LogP contribution in [0.3, 0.4) is 0 Å². The van der Waals surface area contributed by atoms with E-state index < -0.39 is 0 Å². The van der Waals surface area contributed by atoms with Gasteiger partial charge in [0, 0.05) is 13.0 Å². The molecule has 0 saturated carbocycles. The summed E-state index contributed by atoms with van der Waals surface area (Å²) < 4.78 is 5.96. The van der Waals surface area contributed by atoms with Crippen LogP contribution in [0.15, 0.2) is 36.2 Å². The minimum Gasteiger partial charge on any atom is -0.507 e. The fourth-order valence-corrected chi connectivity index (χ4v) is 4.00. The van der Waals surface area contributed by atoms with Crippen molar-refractivity contribution >= 4 is 11.8 Å². The van der Waals surface area contributed by atoms with Crippen LogP contribution in [-0.2, 0) is 6.42 Å². The lowest BCUT2D eigenvalue weighted by molar-refractivity contribution is -0.903. The Balaban J connectivity index is 1.87. The van der Waals surface area contributed by atoms with Gasteiger partial charge in [-0.3, -0.25) is 4.90 Å². The number of aryl methyl sites for hydroxylation is 1. The second kappa shape index (κ2) is 7.02. The molecule has 0 fully saturated rings. The molecule has 2 N–H and O–H groups in total. The predicted octanol–water partition coefficient (Wildman–Crippen LogP) is 3.22. The first-order valence-electron chi connectivity index (χ1n) is 8.35. The number of hydrogen-bond donors (Lipinski definition) is 2. The van der Waals surface area contributed by atoms with Crippen LogP contribution >= 0.6 is 11.8 Å². The molecule has 0 aromatic heterocycles. The van der Waals surface area contributed by atoms with Crippen molar-refractivity contribution < 1.29 is 14.7 Å². The molecule has 0 saturated heterocycles. The summed E-state index contributed by atoms with van der Waals surface area (Å²) in [5, 5.41) is 10.6. The van der Waals surface area contributed by atoms with Crippen LogP contribution in [0.5, 0.6) is 11.5 Å². The number of quaternary nitrogens is 1. The lowest BCUT2D eigenvalue weighted by Gasteiger charge is -2.36. The number of unbranched alkanes of at least 4 members (excludes halogenated alkanes) is 1. The molecule has 1 unspecified atom stereocenters. The van der Waals surface area contributed by atoms with Crippen LogP contribution < -0.4 is 9.64 Å². The number of nitrogens with one attached hydrogen (secondary N) is 1. The summed E-state index contributed by atoms with van der Waals surface area (Å²) >= 11 is 1.88. The highest BCUT2D eigenvalue weighted by Gasteiger charge is 2.38. The smallest absolute Gasteiger partial charge is 0.288 e. The van der Waals surface area contributed by atoms with Crippen molar-refractivity contribution in [2.24, 2.45) is 0 Å². The fourth-order valence-electron chi connectivity index (χ4n) is 3.51. The van der Waals surface area contributed by atoms with Crippen molar-refractivity contribution in [2.45, 2.75) is 38.6 Å². The Morgan fingerprint density at radius 1 is 1.39 bits per heavy atom. The fraction of sp³-hybridized carbons (Fsp3) is 0.474. The summed E-state index contributed by atoms with van der Waals surface area (Å²) in [6.45, 7) is 7.23. The van der Waals surface area contributed by atoms with Crippen LogP contribution in [0.2, 0.25) is 0 Å². The van der Waals surface area contributed by atoms with E-state index in [0.29, 0.717) is 5.75 Å². The Kier molecular flexibility index (Phi) is 5.02. The van der Waals surface area contributed by atoms with Gasteiger partial charge in [0.25, 0.3) is 5.88 Å². The second-order valence-corrected chi connectivity index (χ2v) is 7.50. The van der Waals surface area contributed by atoms with E-state index in [1.54, 1.807) is 0 Å². The monoisotopic (exact) mass is 332 g/mol. The van der Waals surface area contributed by atoms with E-state index in [2.05, 4.69) is 31.9 Å². The van der Waals surface area contributed by atoms with Crippen LogP contribution in [0.1, 0.15) is 43.4 Å². The summed E-state index contributed by atoms with van der Waals surface area (Å²) in [4.78, 5) is 1.21. The predicted molar refractivity (Wildman–Crippen MR) is 96.1 cm³/mol. The zero-order valence-corrected chi connectivity index (χ0v) is 14.8. The Hall–Kier alpha value is -1.39. The molecule has 23 heavy (non-hydrogen) atoms. The number of phenols is 1. The second-order valence-electron chi connectivity index (χ2n) is 6.52. The number of hydrogen-bond acceptors (Lipinski definition) is 3. The molecule has 3 nitrogen and oxygen atoms in total. The maximum Gasteiger partial charge on any atom is 0.288 e.